The van der Waals surface area contributed by atoms with Gasteiger partial charge in [0.2, 0.25) is 0 Å². The number of hydrogen-bond acceptors (Lipinski definition) is 1. The van der Waals surface area contributed by atoms with Crippen molar-refractivity contribution in [2.75, 3.05) is 0 Å². The Hall–Kier alpha value is -0.720. The van der Waals surface area contributed by atoms with Crippen molar-refractivity contribution < 1.29 is 13.2 Å². The number of nitrogens with two attached hydrogens (primary N) is 1. The van der Waals surface area contributed by atoms with E-state index in [1.54, 1.807) is 6.07 Å². The number of benzene rings is 2. The molecule has 1 aliphatic carbocycles. The van der Waals surface area contributed by atoms with Crippen molar-refractivity contribution in [3.05, 3.63) is 81.9 Å². The summed E-state index contributed by atoms with van der Waals surface area (Å²) in [5.41, 5.74) is 8.45. The van der Waals surface area contributed by atoms with E-state index in [4.69, 9.17) is 17.3 Å². The molecular formula is C18H16CaClF3N2. The molecule has 7 heteroatoms. The Balaban J connectivity index is 0.000000254. The molecule has 0 atom stereocenters. The van der Waals surface area contributed by atoms with Crippen LogP contribution in [0, 0.1) is 23.5 Å². The van der Waals surface area contributed by atoms with E-state index in [9.17, 15) is 13.2 Å². The summed E-state index contributed by atoms with van der Waals surface area (Å²) in [6.45, 7) is 4.53. The van der Waals surface area contributed by atoms with E-state index >= 15 is 0 Å². The first-order valence-corrected chi connectivity index (χ1v) is 7.67. The molecule has 0 amide bonds. The molecule has 128 valence electrons. The zero-order valence-electron chi connectivity index (χ0n) is 13.5. The maximum Gasteiger partial charge on any atom is 2.00 e. The number of rotatable bonds is 4. The number of halogens is 4. The number of hydrogen-bond donors (Lipinski definition) is 1. The predicted molar refractivity (Wildman–Crippen MR) is 95.7 cm³/mol. The Bertz CT molecular complexity index is 696. The van der Waals surface area contributed by atoms with Crippen molar-refractivity contribution in [2.24, 2.45) is 5.73 Å². The van der Waals surface area contributed by atoms with Crippen molar-refractivity contribution in [3.63, 3.8) is 0 Å². The van der Waals surface area contributed by atoms with Crippen LogP contribution in [-0.2, 0) is 6.54 Å². The van der Waals surface area contributed by atoms with Gasteiger partial charge in [-0.1, -0.05) is 55.3 Å². The molecule has 1 aliphatic rings. The third-order valence-electron chi connectivity index (χ3n) is 3.29. The molecule has 3 rings (SSSR count). The van der Waals surface area contributed by atoms with E-state index in [0.717, 1.165) is 12.1 Å². The van der Waals surface area contributed by atoms with E-state index in [1.807, 2.05) is 12.1 Å². The first-order valence-electron chi connectivity index (χ1n) is 7.29. The fourth-order valence-electron chi connectivity index (χ4n) is 1.79. The quantitative estimate of drug-likeness (QED) is 0.344. The zero-order valence-corrected chi connectivity index (χ0v) is 16.5. The molecule has 0 radical (unpaired) electrons. The first kappa shape index (κ1) is 22.3. The van der Waals surface area contributed by atoms with Gasteiger partial charge in [-0.25, -0.2) is 13.2 Å². The van der Waals surface area contributed by atoms with Gasteiger partial charge in [0.15, 0.2) is 0 Å². The van der Waals surface area contributed by atoms with Crippen molar-refractivity contribution >= 4 is 55.0 Å². The van der Waals surface area contributed by atoms with Crippen molar-refractivity contribution in [1.29, 1.82) is 0 Å². The molecule has 25 heavy (non-hydrogen) atoms. The van der Waals surface area contributed by atoms with Gasteiger partial charge in [0.1, 0.15) is 0 Å². The summed E-state index contributed by atoms with van der Waals surface area (Å²) in [4.78, 5) is 0. The zero-order chi connectivity index (χ0) is 17.7. The van der Waals surface area contributed by atoms with Gasteiger partial charge < -0.3 is 11.1 Å². The van der Waals surface area contributed by atoms with Crippen LogP contribution in [0.25, 0.3) is 11.0 Å². The summed E-state index contributed by atoms with van der Waals surface area (Å²) in [6.07, 6.45) is 2.55. The van der Waals surface area contributed by atoms with E-state index in [0.29, 0.717) is 17.8 Å². The van der Waals surface area contributed by atoms with E-state index in [1.165, 1.54) is 18.4 Å². The third kappa shape index (κ3) is 7.59. The van der Waals surface area contributed by atoms with Crippen LogP contribution in [0.15, 0.2) is 36.9 Å². The third-order valence-corrected chi connectivity index (χ3v) is 3.64. The van der Waals surface area contributed by atoms with Gasteiger partial charge in [-0.2, -0.15) is 11.6 Å². The predicted octanol–water partition coefficient (Wildman–Crippen LogP) is 4.83. The van der Waals surface area contributed by atoms with Gasteiger partial charge in [-0.15, -0.1) is 18.7 Å². The SMILES string of the molecule is C=C(N)c1ccc(C[N-]C2CC2)cc1.Fc1[c-]c(F)c(Cl)c(F)c1.[Ca+2]. The van der Waals surface area contributed by atoms with Gasteiger partial charge in [-0.3, -0.25) is 0 Å². The largest absolute Gasteiger partial charge is 2.00 e. The summed E-state index contributed by atoms with van der Waals surface area (Å²) in [5, 5.41) is 3.79. The summed E-state index contributed by atoms with van der Waals surface area (Å²) >= 11 is 5.00. The Labute approximate surface area is 180 Å². The maximum absolute atomic E-state index is 12.2. The second-order valence-corrected chi connectivity index (χ2v) is 5.77. The van der Waals surface area contributed by atoms with Gasteiger partial charge in [0.05, 0.1) is 0 Å². The molecule has 0 aromatic heterocycles. The fourth-order valence-corrected chi connectivity index (χ4v) is 1.89. The second kappa shape index (κ2) is 10.4. The minimum absolute atomic E-state index is 0. The molecule has 2 aromatic rings. The van der Waals surface area contributed by atoms with Crippen LogP contribution in [0.3, 0.4) is 0 Å². The molecule has 1 fully saturated rings. The summed E-state index contributed by atoms with van der Waals surface area (Å²) < 4.78 is 36.4. The summed E-state index contributed by atoms with van der Waals surface area (Å²) in [5.74, 6) is -3.42. The van der Waals surface area contributed by atoms with Gasteiger partial charge in [-0.05, 0) is 10.6 Å². The molecule has 0 bridgehead atoms. The Morgan fingerprint density at radius 2 is 1.84 bits per heavy atom. The molecule has 0 saturated heterocycles. The van der Waals surface area contributed by atoms with Crippen LogP contribution in [0.4, 0.5) is 13.2 Å². The van der Waals surface area contributed by atoms with Crippen molar-refractivity contribution in [1.82, 2.24) is 0 Å². The average molecular weight is 393 g/mol. The van der Waals surface area contributed by atoms with E-state index in [2.05, 4.69) is 24.0 Å². The molecule has 0 heterocycles. The molecule has 0 aliphatic heterocycles. The van der Waals surface area contributed by atoms with Crippen LogP contribution in [0.1, 0.15) is 24.0 Å². The fraction of sp³-hybridized carbons (Fsp3) is 0.222. The molecular weight excluding hydrogens is 377 g/mol. The van der Waals surface area contributed by atoms with Crippen LogP contribution in [-0.4, -0.2) is 43.8 Å². The standard InChI is InChI=1S/C12H15N2.C6HClF3.Ca/c1-9(13)11-4-2-10(3-5-11)8-14-12-6-7-12;7-6-4(9)1-3(8)2-5(6)10;/h2-5,12H,1,6-8,13H2;1H;/q2*-1;+2. The van der Waals surface area contributed by atoms with Crippen molar-refractivity contribution in [3.8, 4) is 0 Å². The topological polar surface area (TPSA) is 40.1 Å². The Kier molecular flexibility index (Phi) is 9.32. The van der Waals surface area contributed by atoms with Crippen molar-refractivity contribution in [2.45, 2.75) is 25.4 Å². The monoisotopic (exact) mass is 392 g/mol. The molecule has 2 aromatic carbocycles. The normalized spacial score (nSPS) is 12.6. The minimum Gasteiger partial charge on any atom is -0.656 e. The molecule has 2 nitrogen and oxygen atoms in total. The second-order valence-electron chi connectivity index (χ2n) is 5.39. The van der Waals surface area contributed by atoms with Gasteiger partial charge in [0.25, 0.3) is 0 Å². The number of nitrogens with zero attached hydrogens (tertiary/aromatic N) is 1. The molecule has 0 unspecified atom stereocenters. The molecule has 0 spiro atoms. The van der Waals surface area contributed by atoms with Crippen LogP contribution in [0.5, 0.6) is 0 Å². The average Bonchev–Trinajstić information content (AvgIpc) is 3.36. The van der Waals surface area contributed by atoms with Crippen LogP contribution in [0.2, 0.25) is 5.02 Å². The van der Waals surface area contributed by atoms with Crippen LogP contribution < -0.4 is 5.73 Å². The Morgan fingerprint density at radius 1 is 1.24 bits per heavy atom. The smallest absolute Gasteiger partial charge is 0.656 e. The van der Waals surface area contributed by atoms with Gasteiger partial charge >= 0.3 is 37.7 Å². The molecule has 2 N–H and O–H groups in total. The van der Waals surface area contributed by atoms with Crippen LogP contribution >= 0.6 is 11.6 Å². The summed E-state index contributed by atoms with van der Waals surface area (Å²) in [7, 11) is 0. The minimum atomic E-state index is -1.21. The van der Waals surface area contributed by atoms with Gasteiger partial charge in [0, 0.05) is 23.1 Å². The first-order chi connectivity index (χ1) is 11.4. The molecule has 1 saturated carbocycles. The van der Waals surface area contributed by atoms with E-state index in [-0.39, 0.29) is 37.7 Å². The Morgan fingerprint density at radius 3 is 2.32 bits per heavy atom. The maximum atomic E-state index is 12.2. The summed E-state index contributed by atoms with van der Waals surface area (Å²) in [6, 6.07) is 10.8. The van der Waals surface area contributed by atoms with E-state index < -0.39 is 22.5 Å².